The van der Waals surface area contributed by atoms with Gasteiger partial charge in [-0.3, -0.25) is 0 Å². The normalized spacial score (nSPS) is 34.9. The topological polar surface area (TPSA) is 26.0 Å². The molecule has 0 aliphatic heterocycles. The van der Waals surface area contributed by atoms with Crippen LogP contribution in [0.15, 0.2) is 28.7 Å². The zero-order valence-electron chi connectivity index (χ0n) is 8.75. The molecule has 0 radical (unpaired) electrons. The summed E-state index contributed by atoms with van der Waals surface area (Å²) in [4.78, 5) is 0. The lowest BCUT2D eigenvalue weighted by Gasteiger charge is -2.35. The van der Waals surface area contributed by atoms with Gasteiger partial charge >= 0.3 is 0 Å². The molecule has 0 spiro atoms. The van der Waals surface area contributed by atoms with Crippen LogP contribution >= 0.6 is 15.9 Å². The van der Waals surface area contributed by atoms with Crippen molar-refractivity contribution in [1.82, 2.24) is 0 Å². The van der Waals surface area contributed by atoms with Gasteiger partial charge in [0.1, 0.15) is 0 Å². The van der Waals surface area contributed by atoms with Gasteiger partial charge in [-0.05, 0) is 42.9 Å². The summed E-state index contributed by atoms with van der Waals surface area (Å²) in [5, 5.41) is 0. The van der Waals surface area contributed by atoms with Crippen molar-refractivity contribution < 1.29 is 0 Å². The molecule has 15 heavy (non-hydrogen) atoms. The number of nitrogens with two attached hydrogens (primary N) is 1. The van der Waals surface area contributed by atoms with Gasteiger partial charge in [-0.25, -0.2) is 0 Å². The van der Waals surface area contributed by atoms with Crippen LogP contribution < -0.4 is 5.73 Å². The Bertz CT molecular complexity index is 386. The van der Waals surface area contributed by atoms with Crippen molar-refractivity contribution in [2.24, 2.45) is 11.7 Å². The van der Waals surface area contributed by atoms with E-state index in [1.54, 1.807) is 0 Å². The van der Waals surface area contributed by atoms with Crippen molar-refractivity contribution in [3.05, 3.63) is 34.3 Å². The highest BCUT2D eigenvalue weighted by Gasteiger charge is 2.59. The number of hydrogen-bond acceptors (Lipinski definition) is 1. The van der Waals surface area contributed by atoms with E-state index in [9.17, 15) is 0 Å². The third-order valence-corrected chi connectivity index (χ3v) is 4.75. The number of benzene rings is 1. The van der Waals surface area contributed by atoms with Crippen LogP contribution in [0.25, 0.3) is 0 Å². The molecule has 0 saturated heterocycles. The van der Waals surface area contributed by atoms with E-state index >= 15 is 0 Å². The van der Waals surface area contributed by atoms with Crippen LogP contribution in [0.3, 0.4) is 0 Å². The van der Waals surface area contributed by atoms with Gasteiger partial charge in [0.25, 0.3) is 0 Å². The molecule has 0 heterocycles. The molecule has 2 saturated carbocycles. The molecule has 2 atom stereocenters. The summed E-state index contributed by atoms with van der Waals surface area (Å²) in [6, 6.07) is 9.12. The zero-order valence-corrected chi connectivity index (χ0v) is 10.3. The first-order valence-corrected chi connectivity index (χ1v) is 6.54. The third kappa shape index (κ3) is 1.38. The van der Waals surface area contributed by atoms with Crippen LogP contribution in [0.1, 0.15) is 31.2 Å². The SMILES string of the molecule is N[C@@H]1CC1(c1cccc(Br)c1)C1CCC1. The highest BCUT2D eigenvalue weighted by atomic mass is 79.9. The Kier molecular flexibility index (Phi) is 2.18. The van der Waals surface area contributed by atoms with E-state index in [0.717, 1.165) is 5.92 Å². The molecule has 2 aliphatic carbocycles. The van der Waals surface area contributed by atoms with Crippen LogP contribution in [-0.2, 0) is 5.41 Å². The van der Waals surface area contributed by atoms with Crippen molar-refractivity contribution in [1.29, 1.82) is 0 Å². The summed E-state index contributed by atoms with van der Waals surface area (Å²) < 4.78 is 1.18. The second-order valence-electron chi connectivity index (χ2n) is 4.99. The Morgan fingerprint density at radius 2 is 2.07 bits per heavy atom. The fourth-order valence-electron chi connectivity index (χ4n) is 3.04. The standard InChI is InChI=1S/C13H16BrN/c14-11-6-2-5-10(7-11)13(8-12(13)15)9-3-1-4-9/h2,5-7,9,12H,1,3-4,8,15H2/t12-,13?/m1/s1. The first kappa shape index (κ1) is 9.86. The Morgan fingerprint density at radius 1 is 1.33 bits per heavy atom. The Hall–Kier alpha value is -0.340. The average molecular weight is 266 g/mol. The molecule has 2 aliphatic rings. The van der Waals surface area contributed by atoms with Crippen molar-refractivity contribution in [2.45, 2.75) is 37.1 Å². The summed E-state index contributed by atoms with van der Waals surface area (Å²) in [5.41, 5.74) is 7.97. The molecule has 0 aromatic heterocycles. The van der Waals surface area contributed by atoms with Crippen LogP contribution in [0.4, 0.5) is 0 Å². The van der Waals surface area contributed by atoms with Gasteiger partial charge in [-0.15, -0.1) is 0 Å². The predicted octanol–water partition coefficient (Wildman–Crippen LogP) is 3.22. The number of rotatable bonds is 2. The Morgan fingerprint density at radius 3 is 2.53 bits per heavy atom. The minimum atomic E-state index is 0.335. The van der Waals surface area contributed by atoms with Crippen molar-refractivity contribution >= 4 is 15.9 Å². The first-order valence-electron chi connectivity index (χ1n) is 5.75. The first-order chi connectivity index (χ1) is 7.23. The smallest absolute Gasteiger partial charge is 0.0178 e. The monoisotopic (exact) mass is 265 g/mol. The maximum Gasteiger partial charge on any atom is 0.0178 e. The molecular weight excluding hydrogens is 250 g/mol. The lowest BCUT2D eigenvalue weighted by atomic mass is 9.70. The molecule has 3 rings (SSSR count). The summed E-state index contributed by atoms with van der Waals surface area (Å²) in [7, 11) is 0. The van der Waals surface area contributed by atoms with Crippen molar-refractivity contribution in [2.75, 3.05) is 0 Å². The van der Waals surface area contributed by atoms with E-state index < -0.39 is 0 Å². The molecule has 0 amide bonds. The lowest BCUT2D eigenvalue weighted by Crippen LogP contribution is -2.32. The molecule has 1 nitrogen and oxygen atoms in total. The van der Waals surface area contributed by atoms with Gasteiger partial charge < -0.3 is 5.73 Å². The van der Waals surface area contributed by atoms with Crippen LogP contribution in [-0.4, -0.2) is 6.04 Å². The fourth-order valence-corrected chi connectivity index (χ4v) is 3.44. The highest BCUT2D eigenvalue weighted by Crippen LogP contribution is 2.58. The van der Waals surface area contributed by atoms with Crippen LogP contribution in [0, 0.1) is 5.92 Å². The second kappa shape index (κ2) is 3.33. The van der Waals surface area contributed by atoms with Gasteiger partial charge in [0.2, 0.25) is 0 Å². The van der Waals surface area contributed by atoms with E-state index in [-0.39, 0.29) is 0 Å². The van der Waals surface area contributed by atoms with Crippen molar-refractivity contribution in [3.63, 3.8) is 0 Å². The van der Waals surface area contributed by atoms with E-state index in [1.807, 2.05) is 0 Å². The predicted molar refractivity (Wildman–Crippen MR) is 65.8 cm³/mol. The minimum absolute atomic E-state index is 0.335. The van der Waals surface area contributed by atoms with Gasteiger partial charge in [-0.1, -0.05) is 34.5 Å². The van der Waals surface area contributed by atoms with E-state index in [1.165, 1.54) is 35.7 Å². The summed E-state index contributed by atoms with van der Waals surface area (Å²) in [6.45, 7) is 0. The molecule has 2 N–H and O–H groups in total. The summed E-state index contributed by atoms with van der Waals surface area (Å²) in [5.74, 6) is 0.849. The molecule has 1 unspecified atom stereocenters. The Labute approximate surface area is 99.2 Å². The molecule has 80 valence electrons. The number of halogens is 1. The van der Waals surface area contributed by atoms with Gasteiger partial charge in [0.15, 0.2) is 0 Å². The quantitative estimate of drug-likeness (QED) is 0.873. The van der Waals surface area contributed by atoms with E-state index in [0.29, 0.717) is 11.5 Å². The zero-order chi connectivity index (χ0) is 10.5. The fraction of sp³-hybridized carbons (Fsp3) is 0.538. The Balaban J connectivity index is 1.97. The molecule has 2 heteroatoms. The molecule has 1 aromatic carbocycles. The largest absolute Gasteiger partial charge is 0.327 e. The second-order valence-corrected chi connectivity index (χ2v) is 5.90. The van der Waals surface area contributed by atoms with Crippen LogP contribution in [0.2, 0.25) is 0 Å². The summed E-state index contributed by atoms with van der Waals surface area (Å²) >= 11 is 3.55. The molecular formula is C13H16BrN. The van der Waals surface area contributed by atoms with Gasteiger partial charge in [0, 0.05) is 15.9 Å². The van der Waals surface area contributed by atoms with Gasteiger partial charge in [0.05, 0.1) is 0 Å². The van der Waals surface area contributed by atoms with E-state index in [4.69, 9.17) is 5.73 Å². The molecule has 1 aromatic rings. The summed E-state index contributed by atoms with van der Waals surface area (Å²) in [6.07, 6.45) is 5.34. The minimum Gasteiger partial charge on any atom is -0.327 e. The lowest BCUT2D eigenvalue weighted by molar-refractivity contribution is 0.240. The number of hydrogen-bond donors (Lipinski definition) is 1. The van der Waals surface area contributed by atoms with Crippen LogP contribution in [0.5, 0.6) is 0 Å². The van der Waals surface area contributed by atoms with Crippen molar-refractivity contribution in [3.8, 4) is 0 Å². The van der Waals surface area contributed by atoms with Gasteiger partial charge in [-0.2, -0.15) is 0 Å². The molecule has 0 bridgehead atoms. The average Bonchev–Trinajstić information content (AvgIpc) is 2.75. The maximum absolute atomic E-state index is 6.18. The van der Waals surface area contributed by atoms with E-state index in [2.05, 4.69) is 40.2 Å². The molecule has 2 fully saturated rings. The maximum atomic E-state index is 6.18. The highest BCUT2D eigenvalue weighted by molar-refractivity contribution is 9.10. The third-order valence-electron chi connectivity index (χ3n) is 4.25.